The van der Waals surface area contributed by atoms with Crippen molar-refractivity contribution in [2.24, 2.45) is 0 Å². The maximum atomic E-state index is 13.9. The van der Waals surface area contributed by atoms with E-state index in [4.69, 9.17) is 4.74 Å². The molecule has 0 N–H and O–H groups in total. The number of benzene rings is 1. The Balaban J connectivity index is 2.36. The Morgan fingerprint density at radius 2 is 2.00 bits per heavy atom. The zero-order valence-corrected chi connectivity index (χ0v) is 11.7. The first-order chi connectivity index (χ1) is 9.09. The number of halogens is 1. The Kier molecular flexibility index (Phi) is 4.35. The van der Waals surface area contributed by atoms with E-state index in [0.717, 1.165) is 24.8 Å². The van der Waals surface area contributed by atoms with E-state index in [1.54, 1.807) is 12.1 Å². The minimum atomic E-state index is -0.804. The standard InChI is InChI=1S/C16H21FO2/c1-3-19-16(9-5-4-6-10-16)15(18)13-11-12(2)7-8-14(13)17/h7-8,11H,3-6,9-10H2,1-2H3. The van der Waals surface area contributed by atoms with Gasteiger partial charge in [-0.3, -0.25) is 4.79 Å². The molecule has 1 aromatic carbocycles. The van der Waals surface area contributed by atoms with Gasteiger partial charge in [-0.15, -0.1) is 0 Å². The molecule has 0 radical (unpaired) electrons. The van der Waals surface area contributed by atoms with Crippen LogP contribution in [0.3, 0.4) is 0 Å². The highest BCUT2D eigenvalue weighted by atomic mass is 19.1. The van der Waals surface area contributed by atoms with Crippen molar-refractivity contribution in [2.45, 2.75) is 51.6 Å². The lowest BCUT2D eigenvalue weighted by Gasteiger charge is -2.35. The van der Waals surface area contributed by atoms with Crippen LogP contribution in [-0.2, 0) is 4.74 Å². The summed E-state index contributed by atoms with van der Waals surface area (Å²) in [6, 6.07) is 4.68. The number of Topliss-reactive ketones (excluding diaryl/α,β-unsaturated/α-hetero) is 1. The van der Waals surface area contributed by atoms with Gasteiger partial charge in [-0.1, -0.05) is 30.9 Å². The van der Waals surface area contributed by atoms with Gasteiger partial charge in [-0.2, -0.15) is 0 Å². The lowest BCUT2D eigenvalue weighted by Crippen LogP contribution is -2.44. The van der Waals surface area contributed by atoms with Crippen molar-refractivity contribution in [3.63, 3.8) is 0 Å². The van der Waals surface area contributed by atoms with Gasteiger partial charge in [0.25, 0.3) is 0 Å². The molecule has 0 aromatic heterocycles. The second-order valence-electron chi connectivity index (χ2n) is 5.30. The first kappa shape index (κ1) is 14.2. The summed E-state index contributed by atoms with van der Waals surface area (Å²) >= 11 is 0. The fourth-order valence-corrected chi connectivity index (χ4v) is 2.89. The quantitative estimate of drug-likeness (QED) is 0.767. The SMILES string of the molecule is CCOC1(C(=O)c2cc(C)ccc2F)CCCCC1. The molecule has 0 bridgehead atoms. The Bertz CT molecular complexity index is 456. The van der Waals surface area contributed by atoms with Gasteiger partial charge in [0, 0.05) is 6.61 Å². The van der Waals surface area contributed by atoms with Gasteiger partial charge < -0.3 is 4.74 Å². The average molecular weight is 264 g/mol. The summed E-state index contributed by atoms with van der Waals surface area (Å²) < 4.78 is 19.7. The van der Waals surface area contributed by atoms with Crippen LogP contribution in [0.25, 0.3) is 0 Å². The molecule has 0 aliphatic heterocycles. The lowest BCUT2D eigenvalue weighted by atomic mass is 9.79. The fraction of sp³-hybridized carbons (Fsp3) is 0.562. The van der Waals surface area contributed by atoms with E-state index >= 15 is 0 Å². The summed E-state index contributed by atoms with van der Waals surface area (Å²) in [5.41, 5.74) is 0.268. The summed E-state index contributed by atoms with van der Waals surface area (Å²) in [6.07, 6.45) is 4.47. The number of hydrogen-bond acceptors (Lipinski definition) is 2. The predicted molar refractivity (Wildman–Crippen MR) is 72.9 cm³/mol. The summed E-state index contributed by atoms with van der Waals surface area (Å²) in [5.74, 6) is -0.629. The van der Waals surface area contributed by atoms with Crippen molar-refractivity contribution in [1.29, 1.82) is 0 Å². The van der Waals surface area contributed by atoms with Gasteiger partial charge in [0.15, 0.2) is 5.78 Å². The van der Waals surface area contributed by atoms with Crippen LogP contribution in [0, 0.1) is 12.7 Å². The molecule has 104 valence electrons. The molecule has 2 rings (SSSR count). The molecule has 1 saturated carbocycles. The summed E-state index contributed by atoms with van der Waals surface area (Å²) in [7, 11) is 0. The smallest absolute Gasteiger partial charge is 0.197 e. The van der Waals surface area contributed by atoms with Gasteiger partial charge in [-0.05, 0) is 38.8 Å². The summed E-state index contributed by atoms with van der Waals surface area (Å²) in [6.45, 7) is 4.24. The molecule has 1 aliphatic rings. The molecule has 0 amide bonds. The maximum Gasteiger partial charge on any atom is 0.197 e. The van der Waals surface area contributed by atoms with E-state index < -0.39 is 11.4 Å². The number of aryl methyl sites for hydroxylation is 1. The molecular weight excluding hydrogens is 243 g/mol. The molecule has 1 aromatic rings. The molecule has 0 heterocycles. The second-order valence-corrected chi connectivity index (χ2v) is 5.30. The number of rotatable bonds is 4. The lowest BCUT2D eigenvalue weighted by molar-refractivity contribution is -0.0413. The average Bonchev–Trinajstić information content (AvgIpc) is 2.42. The van der Waals surface area contributed by atoms with Crippen molar-refractivity contribution in [2.75, 3.05) is 6.61 Å². The van der Waals surface area contributed by atoms with Crippen molar-refractivity contribution in [1.82, 2.24) is 0 Å². The maximum absolute atomic E-state index is 13.9. The Morgan fingerprint density at radius 1 is 1.32 bits per heavy atom. The van der Waals surface area contributed by atoms with Gasteiger partial charge in [0.2, 0.25) is 0 Å². The predicted octanol–water partition coefficient (Wildman–Crippen LogP) is 4.06. The normalized spacial score (nSPS) is 18.3. The topological polar surface area (TPSA) is 26.3 Å². The van der Waals surface area contributed by atoms with Crippen LogP contribution in [0.2, 0.25) is 0 Å². The summed E-state index contributed by atoms with van der Waals surface area (Å²) in [5, 5.41) is 0. The molecule has 0 atom stereocenters. The minimum Gasteiger partial charge on any atom is -0.367 e. The molecule has 1 aliphatic carbocycles. The van der Waals surface area contributed by atoms with Crippen LogP contribution in [-0.4, -0.2) is 18.0 Å². The van der Waals surface area contributed by atoms with E-state index in [2.05, 4.69) is 0 Å². The molecule has 3 heteroatoms. The Labute approximate surface area is 114 Å². The third-order valence-corrected chi connectivity index (χ3v) is 3.86. The summed E-state index contributed by atoms with van der Waals surface area (Å²) in [4.78, 5) is 12.7. The number of carbonyl (C=O) groups is 1. The van der Waals surface area contributed by atoms with Crippen LogP contribution in [0.15, 0.2) is 18.2 Å². The molecule has 2 nitrogen and oxygen atoms in total. The number of hydrogen-bond donors (Lipinski definition) is 0. The highest BCUT2D eigenvalue weighted by Crippen LogP contribution is 2.35. The highest BCUT2D eigenvalue weighted by Gasteiger charge is 2.41. The molecule has 19 heavy (non-hydrogen) atoms. The molecule has 0 unspecified atom stereocenters. The number of carbonyl (C=O) groups excluding carboxylic acids is 1. The minimum absolute atomic E-state index is 0.176. The van der Waals surface area contributed by atoms with Crippen molar-refractivity contribution >= 4 is 5.78 Å². The van der Waals surface area contributed by atoms with E-state index in [1.165, 1.54) is 6.07 Å². The highest BCUT2D eigenvalue weighted by molar-refractivity contribution is 6.03. The Morgan fingerprint density at radius 3 is 2.63 bits per heavy atom. The van der Waals surface area contributed by atoms with Crippen molar-refractivity contribution in [3.8, 4) is 0 Å². The van der Waals surface area contributed by atoms with Crippen LogP contribution in [0.5, 0.6) is 0 Å². The van der Waals surface area contributed by atoms with Crippen LogP contribution < -0.4 is 0 Å². The Hall–Kier alpha value is -1.22. The molecular formula is C16H21FO2. The largest absolute Gasteiger partial charge is 0.367 e. The monoisotopic (exact) mass is 264 g/mol. The fourth-order valence-electron chi connectivity index (χ4n) is 2.89. The van der Waals surface area contributed by atoms with E-state index in [-0.39, 0.29) is 11.3 Å². The van der Waals surface area contributed by atoms with E-state index in [1.807, 2.05) is 13.8 Å². The first-order valence-corrected chi connectivity index (χ1v) is 7.04. The molecule has 1 fully saturated rings. The van der Waals surface area contributed by atoms with Gasteiger partial charge >= 0.3 is 0 Å². The third-order valence-electron chi connectivity index (χ3n) is 3.86. The van der Waals surface area contributed by atoms with Crippen molar-refractivity contribution in [3.05, 3.63) is 35.1 Å². The van der Waals surface area contributed by atoms with Gasteiger partial charge in [0.1, 0.15) is 11.4 Å². The van der Waals surface area contributed by atoms with Crippen molar-refractivity contribution < 1.29 is 13.9 Å². The first-order valence-electron chi connectivity index (χ1n) is 7.04. The number of ketones is 1. The third kappa shape index (κ3) is 2.86. The zero-order valence-electron chi connectivity index (χ0n) is 11.7. The second kappa shape index (κ2) is 5.83. The van der Waals surface area contributed by atoms with E-state index in [0.29, 0.717) is 19.4 Å². The van der Waals surface area contributed by atoms with Crippen LogP contribution in [0.4, 0.5) is 4.39 Å². The van der Waals surface area contributed by atoms with Crippen LogP contribution >= 0.6 is 0 Å². The zero-order chi connectivity index (χ0) is 13.9. The van der Waals surface area contributed by atoms with Gasteiger partial charge in [-0.25, -0.2) is 4.39 Å². The van der Waals surface area contributed by atoms with E-state index in [9.17, 15) is 9.18 Å². The van der Waals surface area contributed by atoms with Gasteiger partial charge in [0.05, 0.1) is 5.56 Å². The van der Waals surface area contributed by atoms with Crippen LogP contribution in [0.1, 0.15) is 54.9 Å². The molecule has 0 spiro atoms. The molecule has 0 saturated heterocycles. The number of ether oxygens (including phenoxy) is 1.